The van der Waals surface area contributed by atoms with Crippen molar-refractivity contribution >= 4 is 51.6 Å². The number of nitrogens with one attached hydrogen (secondary N) is 3. The summed E-state index contributed by atoms with van der Waals surface area (Å²) >= 11 is 0. The smallest absolute Gasteiger partial charge is 0.276 e. The molecular weight excluding hydrogens is 768 g/mol. The summed E-state index contributed by atoms with van der Waals surface area (Å²) in [5.41, 5.74) is 5.07. The van der Waals surface area contributed by atoms with Gasteiger partial charge in [0.2, 0.25) is 11.8 Å². The minimum absolute atomic E-state index is 0.184. The number of imide groups is 1. The summed E-state index contributed by atoms with van der Waals surface area (Å²) < 4.78 is 23.1. The van der Waals surface area contributed by atoms with E-state index in [1.54, 1.807) is 47.2 Å². The summed E-state index contributed by atoms with van der Waals surface area (Å²) in [6.45, 7) is 4.76. The Bertz CT molecular complexity index is 2590. The van der Waals surface area contributed by atoms with Gasteiger partial charge in [-0.15, -0.1) is 0 Å². The lowest BCUT2D eigenvalue weighted by molar-refractivity contribution is -0.134. The number of methoxy groups -OCH3 is 1. The SMILES string of the molecule is COc1cc(N2CCC(CN3CCC(n4cc5cc(NC(=O)c6ccc7nccn7n6)c(-c6ccc(F)cc6)cc5n4)CC3)CC2)ccc1C(=O)NC1CCC(=O)NC1=O. The number of halogens is 1. The molecule has 308 valence electrons. The zero-order valence-electron chi connectivity index (χ0n) is 33.1. The van der Waals surface area contributed by atoms with E-state index in [4.69, 9.17) is 9.84 Å². The molecule has 1 atom stereocenters. The summed E-state index contributed by atoms with van der Waals surface area (Å²) in [5.74, 6) is -0.948. The molecule has 16 heteroatoms. The number of piperidine rings is 3. The molecule has 4 amide bonds. The number of hydrogen-bond acceptors (Lipinski definition) is 10. The van der Waals surface area contributed by atoms with Gasteiger partial charge in [-0.25, -0.2) is 13.9 Å². The molecule has 1 unspecified atom stereocenters. The van der Waals surface area contributed by atoms with Crippen LogP contribution in [0.25, 0.3) is 27.7 Å². The van der Waals surface area contributed by atoms with E-state index in [-0.39, 0.29) is 42.2 Å². The fourth-order valence-corrected chi connectivity index (χ4v) is 8.61. The van der Waals surface area contributed by atoms with Crippen LogP contribution in [-0.4, -0.2) is 98.8 Å². The van der Waals surface area contributed by atoms with E-state index < -0.39 is 17.9 Å². The highest BCUT2D eigenvalue weighted by atomic mass is 19.1. The molecule has 0 saturated carbocycles. The fraction of sp³-hybridized carbons (Fsp3) is 0.341. The van der Waals surface area contributed by atoms with Gasteiger partial charge in [0, 0.05) is 86.1 Å². The van der Waals surface area contributed by atoms with Crippen LogP contribution < -0.4 is 25.6 Å². The van der Waals surface area contributed by atoms with Crippen LogP contribution in [0.5, 0.6) is 5.75 Å². The Hall–Kier alpha value is -6.68. The maximum absolute atomic E-state index is 13.9. The molecule has 6 aromatic rings. The lowest BCUT2D eigenvalue weighted by Gasteiger charge is -2.38. The molecule has 3 aromatic heterocycles. The number of aromatic nitrogens is 5. The van der Waals surface area contributed by atoms with Crippen LogP contribution in [-0.2, 0) is 9.59 Å². The van der Waals surface area contributed by atoms with Gasteiger partial charge in [0.25, 0.3) is 11.8 Å². The van der Waals surface area contributed by atoms with E-state index in [2.05, 4.69) is 46.7 Å². The van der Waals surface area contributed by atoms with Crippen LogP contribution in [0.3, 0.4) is 0 Å². The number of amides is 4. The standard InChI is InChI=1S/C44H45FN10O5/c1-60-39-23-32(6-7-33(39)42(57)47-35-9-11-41(56)49-43(35)58)53-19-12-27(13-20-53)25-52-17-14-31(15-18-52)55-26-29-22-38(34(24-37(29)51-55)28-2-4-30(45)5-3-28)48-44(59)36-8-10-40-46-16-21-54(40)50-36/h2-8,10,16,21-24,26-27,31,35H,9,11-15,17-20,25H2,1H3,(H,47,57)(H,48,59)(H,49,56,58). The molecule has 3 N–H and O–H groups in total. The Morgan fingerprint density at radius 2 is 1.70 bits per heavy atom. The third-order valence-corrected chi connectivity index (χ3v) is 12.0. The summed E-state index contributed by atoms with van der Waals surface area (Å²) in [4.78, 5) is 59.3. The van der Waals surface area contributed by atoms with Crippen LogP contribution >= 0.6 is 0 Å². The number of carbonyl (C=O) groups is 4. The quantitative estimate of drug-likeness (QED) is 0.156. The van der Waals surface area contributed by atoms with E-state index in [1.165, 1.54) is 19.2 Å². The van der Waals surface area contributed by atoms with Crippen molar-refractivity contribution in [1.82, 2.24) is 39.9 Å². The number of anilines is 2. The van der Waals surface area contributed by atoms with E-state index in [0.29, 0.717) is 28.6 Å². The molecular formula is C44H45FN10O5. The van der Waals surface area contributed by atoms with Gasteiger partial charge in [0.15, 0.2) is 5.65 Å². The monoisotopic (exact) mass is 812 g/mol. The second-order valence-corrected chi connectivity index (χ2v) is 15.8. The van der Waals surface area contributed by atoms with Crippen LogP contribution in [0.2, 0.25) is 0 Å². The van der Waals surface area contributed by atoms with Gasteiger partial charge in [-0.3, -0.25) is 29.2 Å². The predicted molar refractivity (Wildman–Crippen MR) is 222 cm³/mol. The lowest BCUT2D eigenvalue weighted by atomic mass is 9.94. The van der Waals surface area contributed by atoms with Crippen molar-refractivity contribution in [1.29, 1.82) is 0 Å². The molecule has 0 aliphatic carbocycles. The Morgan fingerprint density at radius 3 is 2.47 bits per heavy atom. The average molecular weight is 813 g/mol. The minimum Gasteiger partial charge on any atom is -0.496 e. The van der Waals surface area contributed by atoms with E-state index in [0.717, 1.165) is 86.1 Å². The highest BCUT2D eigenvalue weighted by Crippen LogP contribution is 2.35. The van der Waals surface area contributed by atoms with Crippen molar-refractivity contribution in [3.63, 3.8) is 0 Å². The molecule has 60 heavy (non-hydrogen) atoms. The van der Waals surface area contributed by atoms with Gasteiger partial charge in [-0.05, 0) is 92.1 Å². The van der Waals surface area contributed by atoms with E-state index in [1.807, 2.05) is 24.3 Å². The third kappa shape index (κ3) is 8.14. The number of rotatable bonds is 10. The first-order chi connectivity index (χ1) is 29.2. The first-order valence-electron chi connectivity index (χ1n) is 20.4. The van der Waals surface area contributed by atoms with Crippen molar-refractivity contribution in [2.75, 3.05) is 50.1 Å². The molecule has 3 aliphatic rings. The molecule has 3 aliphatic heterocycles. The molecule has 15 nitrogen and oxygen atoms in total. The predicted octanol–water partition coefficient (Wildman–Crippen LogP) is 5.23. The van der Waals surface area contributed by atoms with Crippen molar-refractivity contribution < 1.29 is 28.3 Å². The number of imidazole rings is 1. The number of hydrogen-bond donors (Lipinski definition) is 3. The zero-order valence-corrected chi connectivity index (χ0v) is 33.1. The Kier molecular flexibility index (Phi) is 10.7. The van der Waals surface area contributed by atoms with Crippen LogP contribution in [0.15, 0.2) is 85.3 Å². The van der Waals surface area contributed by atoms with Crippen molar-refractivity contribution in [3.8, 4) is 16.9 Å². The number of carbonyl (C=O) groups excluding carboxylic acids is 4. The molecule has 0 bridgehead atoms. The molecule has 6 heterocycles. The second-order valence-electron chi connectivity index (χ2n) is 15.8. The molecule has 9 rings (SSSR count). The highest BCUT2D eigenvalue weighted by molar-refractivity contribution is 6.07. The van der Waals surface area contributed by atoms with Gasteiger partial charge in [0.05, 0.1) is 24.2 Å². The summed E-state index contributed by atoms with van der Waals surface area (Å²) in [5, 5.41) is 18.4. The van der Waals surface area contributed by atoms with Crippen molar-refractivity contribution in [3.05, 3.63) is 102 Å². The number of likely N-dealkylation sites (tertiary alicyclic amines) is 1. The number of nitrogens with zero attached hydrogens (tertiary/aromatic N) is 7. The summed E-state index contributed by atoms with van der Waals surface area (Å²) in [6, 6.07) is 18.5. The van der Waals surface area contributed by atoms with Gasteiger partial charge < -0.3 is 25.2 Å². The van der Waals surface area contributed by atoms with Crippen LogP contribution in [0.1, 0.15) is 65.4 Å². The number of ether oxygens (including phenoxy) is 1. The van der Waals surface area contributed by atoms with Crippen LogP contribution in [0.4, 0.5) is 15.8 Å². The van der Waals surface area contributed by atoms with Gasteiger partial charge in [0.1, 0.15) is 23.3 Å². The van der Waals surface area contributed by atoms with Crippen LogP contribution in [0, 0.1) is 11.7 Å². The normalized spacial score (nSPS) is 18.2. The number of fused-ring (bicyclic) bond motifs is 2. The maximum Gasteiger partial charge on any atom is 0.276 e. The Morgan fingerprint density at radius 1 is 0.900 bits per heavy atom. The number of benzene rings is 3. The topological polar surface area (TPSA) is 168 Å². The third-order valence-electron chi connectivity index (χ3n) is 12.0. The zero-order chi connectivity index (χ0) is 41.3. The first-order valence-corrected chi connectivity index (χ1v) is 20.4. The Labute approximate surface area is 344 Å². The first kappa shape index (κ1) is 38.8. The molecule has 0 spiro atoms. The summed E-state index contributed by atoms with van der Waals surface area (Å²) in [6.07, 6.45) is 9.85. The molecule has 3 fully saturated rings. The molecule has 3 aromatic carbocycles. The van der Waals surface area contributed by atoms with Gasteiger partial charge in [-0.1, -0.05) is 12.1 Å². The summed E-state index contributed by atoms with van der Waals surface area (Å²) in [7, 11) is 1.53. The van der Waals surface area contributed by atoms with Gasteiger partial charge in [-0.2, -0.15) is 10.2 Å². The molecule has 3 saturated heterocycles. The maximum atomic E-state index is 13.9. The van der Waals surface area contributed by atoms with Gasteiger partial charge >= 0.3 is 0 Å². The molecule has 0 radical (unpaired) electrons. The minimum atomic E-state index is -0.760. The second kappa shape index (κ2) is 16.5. The fourth-order valence-electron chi connectivity index (χ4n) is 8.61. The average Bonchev–Trinajstić information content (AvgIpc) is 3.92. The largest absolute Gasteiger partial charge is 0.496 e. The Balaban J connectivity index is 0.809. The highest BCUT2D eigenvalue weighted by Gasteiger charge is 2.30. The lowest BCUT2D eigenvalue weighted by Crippen LogP contribution is -2.52. The van der Waals surface area contributed by atoms with Crippen molar-refractivity contribution in [2.45, 2.75) is 50.6 Å². The van der Waals surface area contributed by atoms with E-state index >= 15 is 0 Å². The van der Waals surface area contributed by atoms with Crippen molar-refractivity contribution in [2.24, 2.45) is 5.92 Å². The van der Waals surface area contributed by atoms with E-state index in [9.17, 15) is 23.6 Å².